The first-order chi connectivity index (χ1) is 5.29. The van der Waals surface area contributed by atoms with Crippen molar-refractivity contribution in [3.05, 3.63) is 12.4 Å². The lowest BCUT2D eigenvalue weighted by Gasteiger charge is -2.19. The lowest BCUT2D eigenvalue weighted by atomic mass is 10.5. The predicted molar refractivity (Wildman–Crippen MR) is 46.8 cm³/mol. The monoisotopic (exact) mass is 153 g/mol. The van der Waals surface area contributed by atoms with E-state index in [0.29, 0.717) is 0 Å². The van der Waals surface area contributed by atoms with Crippen molar-refractivity contribution in [1.82, 2.24) is 9.55 Å². The van der Waals surface area contributed by atoms with E-state index in [4.69, 9.17) is 0 Å². The average molecular weight is 153 g/mol. The highest BCUT2D eigenvalue weighted by molar-refractivity contribution is 5.29. The maximum absolute atomic E-state index is 4.25. The van der Waals surface area contributed by atoms with Gasteiger partial charge in [0.25, 0.3) is 0 Å². The molecule has 0 radical (unpaired) electrons. The Labute approximate surface area is 67.7 Å². The Kier molecular flexibility index (Phi) is 2.52. The summed E-state index contributed by atoms with van der Waals surface area (Å²) >= 11 is 0. The number of rotatable bonds is 3. The van der Waals surface area contributed by atoms with Gasteiger partial charge in [-0.2, -0.15) is 0 Å². The number of aromatic nitrogens is 2. The molecule has 0 unspecified atom stereocenters. The molecule has 62 valence electrons. The molecule has 0 N–H and O–H groups in total. The molecule has 11 heavy (non-hydrogen) atoms. The largest absolute Gasteiger partial charge is 0.343 e. The first kappa shape index (κ1) is 8.11. The Balaban J connectivity index is 2.81. The van der Waals surface area contributed by atoms with Gasteiger partial charge >= 0.3 is 0 Å². The molecule has 0 saturated heterocycles. The first-order valence-electron chi connectivity index (χ1n) is 4.01. The Bertz CT molecular complexity index is 213. The molecule has 3 heteroatoms. The minimum Gasteiger partial charge on any atom is -0.343 e. The minimum absolute atomic E-state index is 1.02. The summed E-state index contributed by atoms with van der Waals surface area (Å²) in [6, 6.07) is 0. The van der Waals surface area contributed by atoms with Crippen LogP contribution >= 0.6 is 0 Å². The highest BCUT2D eigenvalue weighted by Crippen LogP contribution is 2.07. The molecule has 3 nitrogen and oxygen atoms in total. The summed E-state index contributed by atoms with van der Waals surface area (Å²) in [6.45, 7) is 6.30. The molecular weight excluding hydrogens is 138 g/mol. The standard InChI is InChI=1S/C8H15N3/c1-4-11(5-2)8-9-6-7-10(8)3/h6-7H,4-5H2,1-3H3. The Morgan fingerprint density at radius 2 is 2.09 bits per heavy atom. The van der Waals surface area contributed by atoms with Gasteiger partial charge < -0.3 is 9.47 Å². The Morgan fingerprint density at radius 1 is 1.45 bits per heavy atom. The van der Waals surface area contributed by atoms with Gasteiger partial charge in [0.15, 0.2) is 0 Å². The average Bonchev–Trinajstić information content (AvgIpc) is 2.40. The number of hydrogen-bond acceptors (Lipinski definition) is 2. The number of hydrogen-bond donors (Lipinski definition) is 0. The van der Waals surface area contributed by atoms with E-state index in [1.807, 2.05) is 24.0 Å². The van der Waals surface area contributed by atoms with Crippen LogP contribution in [0.4, 0.5) is 5.95 Å². The first-order valence-corrected chi connectivity index (χ1v) is 4.01. The van der Waals surface area contributed by atoms with Crippen LogP contribution in [0.3, 0.4) is 0 Å². The fourth-order valence-corrected chi connectivity index (χ4v) is 1.17. The molecule has 0 amide bonds. The van der Waals surface area contributed by atoms with Crippen LogP contribution in [-0.2, 0) is 7.05 Å². The lowest BCUT2D eigenvalue weighted by molar-refractivity contribution is 0.776. The topological polar surface area (TPSA) is 21.1 Å². The van der Waals surface area contributed by atoms with Crippen LogP contribution in [0.25, 0.3) is 0 Å². The Hall–Kier alpha value is -0.990. The van der Waals surface area contributed by atoms with Gasteiger partial charge in [0.1, 0.15) is 0 Å². The zero-order chi connectivity index (χ0) is 8.27. The van der Waals surface area contributed by atoms with Gasteiger partial charge in [-0.25, -0.2) is 4.98 Å². The summed E-state index contributed by atoms with van der Waals surface area (Å²) in [5.41, 5.74) is 0. The third kappa shape index (κ3) is 1.53. The summed E-state index contributed by atoms with van der Waals surface area (Å²) in [7, 11) is 2.01. The van der Waals surface area contributed by atoms with Gasteiger partial charge in [0.05, 0.1) is 0 Å². The number of imidazole rings is 1. The van der Waals surface area contributed by atoms with Crippen molar-refractivity contribution in [3.8, 4) is 0 Å². The van der Waals surface area contributed by atoms with Gasteiger partial charge in [0, 0.05) is 32.5 Å². The van der Waals surface area contributed by atoms with E-state index in [0.717, 1.165) is 19.0 Å². The maximum atomic E-state index is 4.25. The van der Waals surface area contributed by atoms with E-state index < -0.39 is 0 Å². The summed E-state index contributed by atoms with van der Waals surface area (Å²) in [5.74, 6) is 1.05. The molecule has 1 aromatic rings. The van der Waals surface area contributed by atoms with Crippen LogP contribution in [0.5, 0.6) is 0 Å². The summed E-state index contributed by atoms with van der Waals surface area (Å²) in [4.78, 5) is 6.47. The molecule has 0 aromatic carbocycles. The third-order valence-corrected chi connectivity index (χ3v) is 1.84. The quantitative estimate of drug-likeness (QED) is 0.652. The van der Waals surface area contributed by atoms with Crippen LogP contribution in [0.15, 0.2) is 12.4 Å². The number of aryl methyl sites for hydroxylation is 1. The van der Waals surface area contributed by atoms with Gasteiger partial charge in [-0.15, -0.1) is 0 Å². The summed E-state index contributed by atoms with van der Waals surface area (Å²) in [5, 5.41) is 0. The van der Waals surface area contributed by atoms with E-state index in [9.17, 15) is 0 Å². The second kappa shape index (κ2) is 3.42. The zero-order valence-electron chi connectivity index (χ0n) is 7.41. The van der Waals surface area contributed by atoms with Crippen molar-refractivity contribution in [2.24, 2.45) is 7.05 Å². The highest BCUT2D eigenvalue weighted by Gasteiger charge is 2.04. The normalized spacial score (nSPS) is 10.1. The summed E-state index contributed by atoms with van der Waals surface area (Å²) in [6.07, 6.45) is 3.79. The van der Waals surface area contributed by atoms with Gasteiger partial charge in [0.2, 0.25) is 5.95 Å². The van der Waals surface area contributed by atoms with Gasteiger partial charge in [-0.05, 0) is 13.8 Å². The molecule has 0 bridgehead atoms. The molecule has 0 atom stereocenters. The van der Waals surface area contributed by atoms with Crippen molar-refractivity contribution in [2.75, 3.05) is 18.0 Å². The van der Waals surface area contributed by atoms with Crippen molar-refractivity contribution in [3.63, 3.8) is 0 Å². The van der Waals surface area contributed by atoms with Crippen LogP contribution < -0.4 is 4.90 Å². The molecule has 1 rings (SSSR count). The van der Waals surface area contributed by atoms with E-state index in [-0.39, 0.29) is 0 Å². The second-order valence-electron chi connectivity index (χ2n) is 2.51. The van der Waals surface area contributed by atoms with Gasteiger partial charge in [-0.3, -0.25) is 0 Å². The predicted octanol–water partition coefficient (Wildman–Crippen LogP) is 1.27. The van der Waals surface area contributed by atoms with Crippen molar-refractivity contribution in [2.45, 2.75) is 13.8 Å². The molecular formula is C8H15N3. The van der Waals surface area contributed by atoms with Crippen LogP contribution in [0.2, 0.25) is 0 Å². The van der Waals surface area contributed by atoms with E-state index in [1.54, 1.807) is 0 Å². The van der Waals surface area contributed by atoms with Crippen LogP contribution in [-0.4, -0.2) is 22.6 Å². The molecule has 0 fully saturated rings. The third-order valence-electron chi connectivity index (χ3n) is 1.84. The lowest BCUT2D eigenvalue weighted by Crippen LogP contribution is -2.24. The van der Waals surface area contributed by atoms with Crippen molar-refractivity contribution >= 4 is 5.95 Å². The molecule has 1 aromatic heterocycles. The molecule has 1 heterocycles. The number of anilines is 1. The van der Waals surface area contributed by atoms with Crippen molar-refractivity contribution in [1.29, 1.82) is 0 Å². The molecule has 0 spiro atoms. The van der Waals surface area contributed by atoms with Crippen molar-refractivity contribution < 1.29 is 0 Å². The summed E-state index contributed by atoms with van der Waals surface area (Å²) < 4.78 is 2.03. The van der Waals surface area contributed by atoms with E-state index >= 15 is 0 Å². The smallest absolute Gasteiger partial charge is 0.205 e. The second-order valence-corrected chi connectivity index (χ2v) is 2.51. The molecule has 0 aliphatic heterocycles. The van der Waals surface area contributed by atoms with Crippen LogP contribution in [0, 0.1) is 0 Å². The van der Waals surface area contributed by atoms with Gasteiger partial charge in [-0.1, -0.05) is 0 Å². The van der Waals surface area contributed by atoms with E-state index in [1.165, 1.54) is 0 Å². The molecule has 0 aliphatic rings. The van der Waals surface area contributed by atoms with Crippen LogP contribution in [0.1, 0.15) is 13.8 Å². The molecule has 0 aliphatic carbocycles. The highest BCUT2D eigenvalue weighted by atomic mass is 15.3. The minimum atomic E-state index is 1.02. The van der Waals surface area contributed by atoms with E-state index in [2.05, 4.69) is 23.7 Å². The fraction of sp³-hybridized carbons (Fsp3) is 0.625. The SMILES string of the molecule is CCN(CC)c1nccn1C. The molecule has 0 saturated carbocycles. The fourth-order valence-electron chi connectivity index (χ4n) is 1.17. The number of nitrogens with zero attached hydrogens (tertiary/aromatic N) is 3. The Morgan fingerprint density at radius 3 is 2.45 bits per heavy atom. The maximum Gasteiger partial charge on any atom is 0.205 e. The zero-order valence-corrected chi connectivity index (χ0v) is 7.41.